The number of amides is 1. The van der Waals surface area contributed by atoms with Gasteiger partial charge in [0.05, 0.1) is 6.04 Å². The summed E-state index contributed by atoms with van der Waals surface area (Å²) in [5, 5.41) is 14.9. The number of nitrogens with zero attached hydrogens (tertiary/aromatic N) is 6. The molecule has 1 amide bonds. The van der Waals surface area contributed by atoms with E-state index in [1.54, 1.807) is 17.3 Å². The number of carbonyl (C=O) groups is 1. The van der Waals surface area contributed by atoms with Gasteiger partial charge in [-0.3, -0.25) is 4.79 Å². The number of nitriles is 1. The number of hydrogen-bond donors (Lipinski definition) is 0. The monoisotopic (exact) mass is 380 g/mol. The molecule has 1 atom stereocenters. The number of aromatic nitrogens is 2. The fourth-order valence-corrected chi connectivity index (χ4v) is 3.76. The second-order valence-electron chi connectivity index (χ2n) is 6.96. The van der Waals surface area contributed by atoms with Crippen molar-refractivity contribution >= 4 is 17.9 Å². The van der Waals surface area contributed by atoms with Crippen LogP contribution in [0.1, 0.15) is 23.7 Å². The number of hydrazone groups is 1. The highest BCUT2D eigenvalue weighted by Crippen LogP contribution is 2.35. The minimum Gasteiger partial charge on any atom is -0.328 e. The van der Waals surface area contributed by atoms with Crippen LogP contribution in [0, 0.1) is 11.3 Å². The molecule has 1 aliphatic carbocycles. The smallest absolute Gasteiger partial charge is 0.274 e. The summed E-state index contributed by atoms with van der Waals surface area (Å²) in [4.78, 5) is 23.2. The van der Waals surface area contributed by atoms with Gasteiger partial charge in [0, 0.05) is 37.0 Å². The zero-order valence-electron chi connectivity index (χ0n) is 15.4. The van der Waals surface area contributed by atoms with Gasteiger partial charge >= 0.3 is 0 Å². The van der Waals surface area contributed by atoms with Crippen LogP contribution >= 0.6 is 0 Å². The molecule has 29 heavy (non-hydrogen) atoms. The number of benzene rings is 1. The Hall–Kier alpha value is -4.05. The Kier molecular flexibility index (Phi) is 4.03. The third kappa shape index (κ3) is 3.01. The first-order valence-electron chi connectivity index (χ1n) is 9.27. The molecule has 0 saturated carbocycles. The largest absolute Gasteiger partial charge is 0.328 e. The highest BCUT2D eigenvalue weighted by Gasteiger charge is 2.32. The first kappa shape index (κ1) is 17.1. The van der Waals surface area contributed by atoms with Gasteiger partial charge in [-0.05, 0) is 28.9 Å². The van der Waals surface area contributed by atoms with Gasteiger partial charge in [-0.2, -0.15) is 10.4 Å². The van der Waals surface area contributed by atoms with Crippen LogP contribution < -0.4 is 4.90 Å². The number of anilines is 1. The minimum atomic E-state index is -0.101. The molecule has 140 valence electrons. The van der Waals surface area contributed by atoms with E-state index in [0.29, 0.717) is 30.1 Å². The molecule has 0 N–H and O–H groups in total. The summed E-state index contributed by atoms with van der Waals surface area (Å²) in [6.07, 6.45) is 9.63. The third-order valence-corrected chi connectivity index (χ3v) is 5.18. The predicted molar refractivity (Wildman–Crippen MR) is 107 cm³/mol. The van der Waals surface area contributed by atoms with Gasteiger partial charge in [0.1, 0.15) is 23.9 Å². The van der Waals surface area contributed by atoms with Crippen LogP contribution in [0.25, 0.3) is 0 Å². The minimum absolute atomic E-state index is 0.0701. The molecule has 7 nitrogen and oxygen atoms in total. The fraction of sp³-hybridized carbons (Fsp3) is 0.136. The quantitative estimate of drug-likeness (QED) is 0.817. The topological polar surface area (TPSA) is 85.5 Å². The Balaban J connectivity index is 1.37. The van der Waals surface area contributed by atoms with Gasteiger partial charge < -0.3 is 4.90 Å². The molecule has 5 rings (SSSR count). The van der Waals surface area contributed by atoms with Crippen LogP contribution in [-0.4, -0.2) is 33.6 Å². The number of allylic oxidation sites excluding steroid dienone is 1. The number of fused-ring (bicyclic) bond motifs is 1. The molecule has 1 unspecified atom stereocenters. The summed E-state index contributed by atoms with van der Waals surface area (Å²) in [5.41, 5.74) is 4.05. The van der Waals surface area contributed by atoms with Crippen molar-refractivity contribution in [2.45, 2.75) is 12.5 Å². The van der Waals surface area contributed by atoms with Crippen LogP contribution in [0.4, 0.5) is 5.82 Å². The zero-order chi connectivity index (χ0) is 19.8. The van der Waals surface area contributed by atoms with Gasteiger partial charge in [-0.1, -0.05) is 30.3 Å². The van der Waals surface area contributed by atoms with E-state index in [1.807, 2.05) is 59.7 Å². The number of rotatable bonds is 3. The van der Waals surface area contributed by atoms with E-state index < -0.39 is 0 Å². The van der Waals surface area contributed by atoms with Crippen molar-refractivity contribution < 1.29 is 4.79 Å². The molecule has 0 bridgehead atoms. The highest BCUT2D eigenvalue weighted by molar-refractivity contribution is 6.00. The number of carbonyl (C=O) groups excluding carboxylic acids is 1. The molecule has 1 aromatic carbocycles. The molecular weight excluding hydrogens is 364 g/mol. The highest BCUT2D eigenvalue weighted by atomic mass is 16.2. The van der Waals surface area contributed by atoms with Gasteiger partial charge in [0.15, 0.2) is 0 Å². The van der Waals surface area contributed by atoms with Gasteiger partial charge in [-0.15, -0.1) is 0 Å². The van der Waals surface area contributed by atoms with Crippen LogP contribution in [0.5, 0.6) is 0 Å². The second-order valence-corrected chi connectivity index (χ2v) is 6.96. The van der Waals surface area contributed by atoms with E-state index in [2.05, 4.69) is 15.1 Å². The lowest BCUT2D eigenvalue weighted by molar-refractivity contribution is -0.128. The van der Waals surface area contributed by atoms with E-state index in [4.69, 9.17) is 5.26 Å². The molecule has 0 spiro atoms. The molecule has 0 saturated heterocycles. The molecule has 2 aromatic rings. The molecule has 3 aliphatic rings. The maximum atomic E-state index is 13.1. The normalized spacial score (nSPS) is 19.6. The standard InChI is InChI=1S/C22H16N6O/c23-11-19-10-21(25-14-24-19)27-12-17-8-16(9-18(17)13-27)22(29)28-20(6-7-26-28)15-4-2-1-3-5-15/h1-5,7-10,12,14,20H,6,13H2. The molecule has 0 radical (unpaired) electrons. The first-order chi connectivity index (χ1) is 14.2. The van der Waals surface area contributed by atoms with Crippen molar-refractivity contribution in [3.8, 4) is 6.07 Å². The van der Waals surface area contributed by atoms with Crippen molar-refractivity contribution in [3.05, 3.63) is 89.1 Å². The van der Waals surface area contributed by atoms with Crippen molar-refractivity contribution in [3.63, 3.8) is 0 Å². The summed E-state index contributed by atoms with van der Waals surface area (Å²) in [6.45, 7) is 0.593. The molecular formula is C22H16N6O. The molecule has 1 aromatic heterocycles. The fourth-order valence-electron chi connectivity index (χ4n) is 3.76. The average molecular weight is 380 g/mol. The van der Waals surface area contributed by atoms with Gasteiger partial charge in [0.2, 0.25) is 0 Å². The predicted octanol–water partition coefficient (Wildman–Crippen LogP) is 2.88. The summed E-state index contributed by atoms with van der Waals surface area (Å²) in [7, 11) is 0. The van der Waals surface area contributed by atoms with Crippen LogP contribution in [0.2, 0.25) is 0 Å². The summed E-state index contributed by atoms with van der Waals surface area (Å²) in [5.74, 6) is 0.560. The summed E-state index contributed by atoms with van der Waals surface area (Å²) < 4.78 is 0. The average Bonchev–Trinajstić information content (AvgIpc) is 3.48. The summed E-state index contributed by atoms with van der Waals surface area (Å²) in [6, 6.07) is 13.6. The van der Waals surface area contributed by atoms with Crippen LogP contribution in [0.3, 0.4) is 0 Å². The SMILES string of the molecule is N#Cc1cc(N2C=C3C=C(C(=O)N4N=CCC4c4ccccc4)C=C3C2)ncn1. The Morgan fingerprint density at radius 3 is 2.83 bits per heavy atom. The lowest BCUT2D eigenvalue weighted by Gasteiger charge is -2.22. The van der Waals surface area contributed by atoms with Crippen LogP contribution in [0.15, 0.2) is 82.9 Å². The summed E-state index contributed by atoms with van der Waals surface area (Å²) >= 11 is 0. The Bertz CT molecular complexity index is 1160. The van der Waals surface area contributed by atoms with Crippen LogP contribution in [-0.2, 0) is 4.79 Å². The number of hydrogen-bond acceptors (Lipinski definition) is 6. The van der Waals surface area contributed by atoms with Gasteiger partial charge in [-0.25, -0.2) is 15.0 Å². The van der Waals surface area contributed by atoms with E-state index in [-0.39, 0.29) is 11.9 Å². The molecule has 7 heteroatoms. The Morgan fingerprint density at radius 2 is 2.03 bits per heavy atom. The van der Waals surface area contributed by atoms with Crippen molar-refractivity contribution in [1.29, 1.82) is 5.26 Å². The first-order valence-corrected chi connectivity index (χ1v) is 9.27. The van der Waals surface area contributed by atoms with Gasteiger partial charge in [0.25, 0.3) is 5.91 Å². The van der Waals surface area contributed by atoms with Crippen molar-refractivity contribution in [2.24, 2.45) is 5.10 Å². The van der Waals surface area contributed by atoms with E-state index in [1.165, 1.54) is 6.33 Å². The Labute approximate surface area is 167 Å². The Morgan fingerprint density at radius 1 is 1.17 bits per heavy atom. The van der Waals surface area contributed by atoms with Crippen molar-refractivity contribution in [2.75, 3.05) is 11.4 Å². The van der Waals surface area contributed by atoms with E-state index >= 15 is 0 Å². The third-order valence-electron chi connectivity index (χ3n) is 5.18. The lowest BCUT2D eigenvalue weighted by atomic mass is 10.0. The molecule has 0 fully saturated rings. The molecule has 2 aliphatic heterocycles. The maximum Gasteiger partial charge on any atom is 0.274 e. The maximum absolute atomic E-state index is 13.1. The zero-order valence-corrected chi connectivity index (χ0v) is 15.4. The lowest BCUT2D eigenvalue weighted by Crippen LogP contribution is -2.27. The second kappa shape index (κ2) is 6.84. The van der Waals surface area contributed by atoms with Crippen molar-refractivity contribution in [1.82, 2.24) is 15.0 Å². The van der Waals surface area contributed by atoms with E-state index in [0.717, 1.165) is 16.7 Å². The van der Waals surface area contributed by atoms with E-state index in [9.17, 15) is 4.79 Å². The molecule has 3 heterocycles.